The number of methoxy groups -OCH3 is 3. The van der Waals surface area contributed by atoms with Gasteiger partial charge < -0.3 is 54.9 Å². The number of ketones is 4. The van der Waals surface area contributed by atoms with Crippen molar-refractivity contribution in [1.82, 2.24) is 4.98 Å². The van der Waals surface area contributed by atoms with Crippen LogP contribution in [0.1, 0.15) is 83.3 Å². The summed E-state index contributed by atoms with van der Waals surface area (Å²) in [4.78, 5) is 65.5. The highest BCUT2D eigenvalue weighted by Crippen LogP contribution is 2.57. The number of aliphatic hydroxyl groups excluding tert-OH is 3. The van der Waals surface area contributed by atoms with E-state index in [1.54, 1.807) is 19.1 Å². The number of aliphatic hydroxyl groups is 4. The SMILES string of the molecule is COC1C(C)OC(N=C2CC(=O)c3c(cc4c(c3O)C(=O)C3(OC)C(O)Cc5cc(C)c(C(O)Nc6cccnc6)c(O)c5C3(O)C4=O)C2=O)C(OC)C1O. The lowest BCUT2D eigenvalue weighted by molar-refractivity contribution is -0.228. The van der Waals surface area contributed by atoms with Gasteiger partial charge in [0.2, 0.25) is 17.3 Å². The highest BCUT2D eigenvalue weighted by molar-refractivity contribution is 6.53. The Balaban J connectivity index is 1.38. The zero-order chi connectivity index (χ0) is 39.9. The van der Waals surface area contributed by atoms with Gasteiger partial charge in [0.05, 0.1) is 47.4 Å². The summed E-state index contributed by atoms with van der Waals surface area (Å²) in [6.45, 7) is 3.15. The number of aromatic hydroxyl groups is 2. The van der Waals surface area contributed by atoms with Gasteiger partial charge in [0.15, 0.2) is 29.4 Å². The Morgan fingerprint density at radius 1 is 1.00 bits per heavy atom. The average molecular weight is 762 g/mol. The van der Waals surface area contributed by atoms with Gasteiger partial charge >= 0.3 is 0 Å². The molecule has 9 atom stereocenters. The van der Waals surface area contributed by atoms with Crippen LogP contribution in [0.3, 0.4) is 0 Å². The van der Waals surface area contributed by atoms with Gasteiger partial charge in [-0.2, -0.15) is 0 Å². The number of rotatable bonds is 7. The van der Waals surface area contributed by atoms with Crippen molar-refractivity contribution in [3.05, 3.63) is 81.2 Å². The normalized spacial score (nSPS) is 31.4. The fourth-order valence-corrected chi connectivity index (χ4v) is 8.58. The Morgan fingerprint density at radius 2 is 1.71 bits per heavy atom. The van der Waals surface area contributed by atoms with Crippen LogP contribution in [0.15, 0.2) is 41.7 Å². The summed E-state index contributed by atoms with van der Waals surface area (Å²) in [6, 6.07) is 5.49. The molecule has 0 radical (unpaired) electrons. The van der Waals surface area contributed by atoms with Crippen molar-refractivity contribution in [3.63, 3.8) is 0 Å². The number of phenols is 2. The van der Waals surface area contributed by atoms with Gasteiger partial charge in [-0.1, -0.05) is 6.07 Å². The van der Waals surface area contributed by atoms with E-state index >= 15 is 0 Å². The lowest BCUT2D eigenvalue weighted by Crippen LogP contribution is -2.73. The van der Waals surface area contributed by atoms with E-state index < -0.39 is 129 Å². The fraction of sp³-hybridized carbons (Fsp3) is 0.421. The molecule has 0 amide bonds. The lowest BCUT2D eigenvalue weighted by Gasteiger charge is -2.53. The topological polar surface area (TPSA) is 264 Å². The van der Waals surface area contributed by atoms with Crippen LogP contribution in [-0.4, -0.2) is 128 Å². The number of nitrogens with one attached hydrogen (secondary N) is 1. The number of carbonyl (C=O) groups is 4. The Bertz CT molecular complexity index is 2170. The molecule has 17 heteroatoms. The molecular weight excluding hydrogens is 722 g/mol. The summed E-state index contributed by atoms with van der Waals surface area (Å²) in [5, 5.41) is 72.6. The second kappa shape index (κ2) is 13.6. The molecule has 0 bridgehead atoms. The molecule has 0 spiro atoms. The van der Waals surface area contributed by atoms with Crippen LogP contribution in [0.5, 0.6) is 11.5 Å². The number of aliphatic imine (C=N–C) groups is 1. The number of carbonyl (C=O) groups excluding carboxylic acids is 4. The first-order chi connectivity index (χ1) is 26.1. The maximum Gasteiger partial charge on any atom is 0.208 e. The van der Waals surface area contributed by atoms with Crippen LogP contribution in [0.4, 0.5) is 5.69 Å². The van der Waals surface area contributed by atoms with E-state index in [2.05, 4.69) is 15.3 Å². The van der Waals surface area contributed by atoms with Crippen LogP contribution in [0.2, 0.25) is 0 Å². The van der Waals surface area contributed by atoms with E-state index in [4.69, 9.17) is 18.9 Å². The third-order valence-corrected chi connectivity index (χ3v) is 11.1. The highest BCUT2D eigenvalue weighted by atomic mass is 16.6. The minimum atomic E-state index is -3.22. The van der Waals surface area contributed by atoms with Crippen molar-refractivity contribution in [2.75, 3.05) is 26.6 Å². The van der Waals surface area contributed by atoms with Gasteiger partial charge in [-0.05, 0) is 43.2 Å². The smallest absolute Gasteiger partial charge is 0.208 e. The summed E-state index contributed by atoms with van der Waals surface area (Å²) in [7, 11) is 3.60. The summed E-state index contributed by atoms with van der Waals surface area (Å²) in [5.74, 6) is -6.34. The highest BCUT2D eigenvalue weighted by Gasteiger charge is 2.72. The lowest BCUT2D eigenvalue weighted by atomic mass is 9.56. The monoisotopic (exact) mass is 761 g/mol. The van der Waals surface area contributed by atoms with Crippen molar-refractivity contribution < 1.29 is 68.8 Å². The molecule has 3 aromatic rings. The van der Waals surface area contributed by atoms with Gasteiger partial charge in [0.25, 0.3) is 0 Å². The van der Waals surface area contributed by atoms with E-state index in [9.17, 15) is 49.8 Å². The molecule has 3 aliphatic carbocycles. The number of hydrogen-bond acceptors (Lipinski definition) is 17. The number of aryl methyl sites for hydroxylation is 1. The zero-order valence-corrected chi connectivity index (χ0v) is 30.3. The summed E-state index contributed by atoms with van der Waals surface area (Å²) in [5.41, 5.74) is -9.18. The van der Waals surface area contributed by atoms with Gasteiger partial charge in [0.1, 0.15) is 29.8 Å². The van der Waals surface area contributed by atoms with Crippen LogP contribution in [-0.2, 0) is 31.0 Å². The number of phenolic OH excluding ortho intramolecular Hbond substituents is 2. The summed E-state index contributed by atoms with van der Waals surface area (Å²) >= 11 is 0. The zero-order valence-electron chi connectivity index (χ0n) is 30.3. The minimum absolute atomic E-state index is 0.0368. The molecule has 1 saturated heterocycles. The molecule has 0 saturated carbocycles. The Kier molecular flexibility index (Phi) is 9.50. The molecule has 2 heterocycles. The first-order valence-corrected chi connectivity index (χ1v) is 17.3. The molecule has 7 N–H and O–H groups in total. The number of nitrogens with zero attached hydrogens (tertiary/aromatic N) is 2. The number of fused-ring (bicyclic) bond motifs is 5. The molecule has 1 aromatic heterocycles. The van der Waals surface area contributed by atoms with E-state index in [1.807, 2.05) is 0 Å². The molecule has 290 valence electrons. The molecule has 2 aromatic carbocycles. The maximum absolute atomic E-state index is 14.8. The van der Waals surface area contributed by atoms with Crippen LogP contribution in [0, 0.1) is 6.92 Å². The Morgan fingerprint density at radius 3 is 2.35 bits per heavy atom. The number of hydrogen-bond donors (Lipinski definition) is 7. The molecule has 1 aliphatic heterocycles. The molecule has 17 nitrogen and oxygen atoms in total. The van der Waals surface area contributed by atoms with Crippen molar-refractivity contribution in [3.8, 4) is 11.5 Å². The van der Waals surface area contributed by atoms with Crippen LogP contribution in [0.25, 0.3) is 0 Å². The molecule has 9 unspecified atom stereocenters. The first-order valence-electron chi connectivity index (χ1n) is 17.3. The molecule has 1 fully saturated rings. The van der Waals surface area contributed by atoms with Crippen molar-refractivity contribution in [2.45, 2.75) is 80.9 Å². The van der Waals surface area contributed by atoms with E-state index in [1.165, 1.54) is 39.6 Å². The van der Waals surface area contributed by atoms with E-state index in [0.29, 0.717) is 5.69 Å². The van der Waals surface area contributed by atoms with Crippen LogP contribution < -0.4 is 5.32 Å². The summed E-state index contributed by atoms with van der Waals surface area (Å²) in [6.07, 6.45) is -6.95. The van der Waals surface area contributed by atoms with Gasteiger partial charge in [-0.25, -0.2) is 0 Å². The quantitative estimate of drug-likeness (QED) is 0.164. The number of pyridine rings is 1. The summed E-state index contributed by atoms with van der Waals surface area (Å²) < 4.78 is 22.2. The third kappa shape index (κ3) is 5.30. The van der Waals surface area contributed by atoms with Gasteiger partial charge in [-0.3, -0.25) is 29.2 Å². The Hall–Kier alpha value is -4.98. The Labute approximate surface area is 313 Å². The van der Waals surface area contributed by atoms with E-state index in [-0.39, 0.29) is 22.4 Å². The minimum Gasteiger partial charge on any atom is -0.507 e. The average Bonchev–Trinajstić information content (AvgIpc) is 3.13. The predicted molar refractivity (Wildman–Crippen MR) is 188 cm³/mol. The number of anilines is 1. The van der Waals surface area contributed by atoms with Crippen LogP contribution >= 0.6 is 0 Å². The van der Waals surface area contributed by atoms with Crippen molar-refractivity contribution in [1.29, 1.82) is 0 Å². The standard InChI is InChI=1S/C38H39N3O14/c1-14-9-16-10-22(43)38(54-5)34(49)25-19(33(48)37(38,51)26(16)29(46)23(14)35(50)40-17-7-6-8-39-13-17)11-18-24(28(25)45)21(42)12-20(27(18)44)41-36-32(53-4)30(47)31(52-3)15(2)55-36/h6-9,11,13,15,22,30-32,35-36,40,43,45-47,50-51H,10,12H2,1-5H3. The maximum atomic E-state index is 14.8. The third-order valence-electron chi connectivity index (χ3n) is 11.1. The first kappa shape index (κ1) is 38.3. The second-order valence-corrected chi connectivity index (χ2v) is 14.0. The molecule has 7 rings (SSSR count). The van der Waals surface area contributed by atoms with E-state index in [0.717, 1.165) is 13.2 Å². The molecule has 55 heavy (non-hydrogen) atoms. The number of ether oxygens (including phenoxy) is 4. The second-order valence-electron chi connectivity index (χ2n) is 14.0. The number of benzene rings is 2. The van der Waals surface area contributed by atoms with Crippen molar-refractivity contribution >= 4 is 34.5 Å². The largest absolute Gasteiger partial charge is 0.507 e. The number of aromatic nitrogens is 1. The van der Waals surface area contributed by atoms with Crippen molar-refractivity contribution in [2.24, 2.45) is 4.99 Å². The van der Waals surface area contributed by atoms with Gasteiger partial charge in [-0.15, -0.1) is 0 Å². The fourth-order valence-electron chi connectivity index (χ4n) is 8.58. The van der Waals surface area contributed by atoms with Gasteiger partial charge in [0, 0.05) is 56.2 Å². The number of Topliss-reactive ketones (excluding diaryl/α,β-unsaturated/α-hetero) is 4. The molecule has 4 aliphatic rings. The molecular formula is C38H39N3O14. The predicted octanol–water partition coefficient (Wildman–Crippen LogP) is 0.819.